The van der Waals surface area contributed by atoms with Crippen LogP contribution in [0, 0.1) is 10.1 Å². The number of carboxylic acid groups (broad SMARTS) is 1. The van der Waals surface area contributed by atoms with Crippen LogP contribution in [0.25, 0.3) is 5.57 Å². The number of allylic oxidation sites excluding steroid dienone is 1. The summed E-state index contributed by atoms with van der Waals surface area (Å²) in [4.78, 5) is 37.0. The number of rotatable bonds is 9. The minimum absolute atomic E-state index is 0.00552. The molecule has 10 nitrogen and oxygen atoms in total. The van der Waals surface area contributed by atoms with Crippen molar-refractivity contribution in [2.75, 3.05) is 20.3 Å². The third-order valence-electron chi connectivity index (χ3n) is 6.30. The van der Waals surface area contributed by atoms with Gasteiger partial charge in [-0.3, -0.25) is 10.1 Å². The van der Waals surface area contributed by atoms with E-state index in [-0.39, 0.29) is 6.10 Å². The highest BCUT2D eigenvalue weighted by Crippen LogP contribution is 2.47. The van der Waals surface area contributed by atoms with Gasteiger partial charge in [-0.25, -0.2) is 9.59 Å². The first kappa shape index (κ1) is 27.6. The minimum atomic E-state index is -5.16. The van der Waals surface area contributed by atoms with Crippen molar-refractivity contribution in [3.8, 4) is 5.75 Å². The smallest absolute Gasteiger partial charge is 0.432 e. The van der Waals surface area contributed by atoms with Crippen LogP contribution < -0.4 is 4.74 Å². The number of ether oxygens (including phenoxy) is 3. The van der Waals surface area contributed by atoms with Crippen LogP contribution >= 0.6 is 0 Å². The molecule has 2 atom stereocenters. The first-order valence-electron chi connectivity index (χ1n) is 11.6. The summed E-state index contributed by atoms with van der Waals surface area (Å²) in [7, 11) is 0.842. The van der Waals surface area contributed by atoms with E-state index < -0.39 is 69.3 Å². The summed E-state index contributed by atoms with van der Waals surface area (Å²) in [5.74, 6) is -2.67. The van der Waals surface area contributed by atoms with Crippen LogP contribution in [0.15, 0.2) is 65.4 Å². The van der Waals surface area contributed by atoms with Crippen LogP contribution in [0.2, 0.25) is 0 Å². The van der Waals surface area contributed by atoms with Gasteiger partial charge in [-0.05, 0) is 30.7 Å². The molecular formula is C26H23F3N2O8. The molecule has 0 radical (unpaired) electrons. The zero-order valence-electron chi connectivity index (χ0n) is 20.7. The molecule has 0 aliphatic carbocycles. The van der Waals surface area contributed by atoms with Crippen molar-refractivity contribution in [3.63, 3.8) is 0 Å². The van der Waals surface area contributed by atoms with Gasteiger partial charge >= 0.3 is 18.1 Å². The number of esters is 1. The fraction of sp³-hybridized carbons (Fsp3) is 0.308. The van der Waals surface area contributed by atoms with E-state index in [1.807, 2.05) is 0 Å². The molecule has 0 aromatic heterocycles. The lowest BCUT2D eigenvalue weighted by atomic mass is 9.83. The van der Waals surface area contributed by atoms with Crippen LogP contribution in [0.3, 0.4) is 0 Å². The summed E-state index contributed by atoms with van der Waals surface area (Å²) in [6.45, 7) is 1.70. The summed E-state index contributed by atoms with van der Waals surface area (Å²) < 4.78 is 59.3. The van der Waals surface area contributed by atoms with E-state index in [1.165, 1.54) is 31.2 Å². The molecule has 0 bridgehead atoms. The number of para-hydroxylation sites is 1. The van der Waals surface area contributed by atoms with E-state index >= 15 is 0 Å². The van der Waals surface area contributed by atoms with E-state index in [2.05, 4.69) is 4.74 Å². The van der Waals surface area contributed by atoms with E-state index in [9.17, 15) is 38.0 Å². The molecule has 0 amide bonds. The zero-order valence-corrected chi connectivity index (χ0v) is 20.7. The average molecular weight is 548 g/mol. The summed E-state index contributed by atoms with van der Waals surface area (Å²) in [6.07, 6.45) is -5.16. The number of hydrogen-bond acceptors (Lipinski definition) is 8. The SMILES string of the molecule is COC(=O)C1=C(C(F)(F)F)N(Cc2ccc(OCC3CO3)cc2)C(C)C(C(=O)O)=C1c1ccccc1[N+](=O)[O-]. The fourth-order valence-electron chi connectivity index (χ4n) is 4.43. The lowest BCUT2D eigenvalue weighted by molar-refractivity contribution is -0.385. The number of nitro groups is 1. The van der Waals surface area contributed by atoms with Crippen LogP contribution in [0.5, 0.6) is 5.75 Å². The predicted octanol–water partition coefficient (Wildman–Crippen LogP) is 4.10. The van der Waals surface area contributed by atoms with E-state index in [4.69, 9.17) is 9.47 Å². The van der Waals surface area contributed by atoms with Gasteiger partial charge in [0.25, 0.3) is 5.69 Å². The number of nitrogens with zero attached hydrogens (tertiary/aromatic N) is 2. The van der Waals surface area contributed by atoms with Crippen molar-refractivity contribution in [2.24, 2.45) is 0 Å². The van der Waals surface area contributed by atoms with Crippen LogP contribution in [0.4, 0.5) is 18.9 Å². The molecule has 2 aromatic rings. The number of benzene rings is 2. The highest BCUT2D eigenvalue weighted by molar-refractivity contribution is 6.15. The molecule has 2 unspecified atom stereocenters. The molecule has 1 fully saturated rings. The molecule has 1 N–H and O–H groups in total. The van der Waals surface area contributed by atoms with Gasteiger partial charge in [0.2, 0.25) is 0 Å². The second kappa shape index (κ2) is 10.8. The first-order chi connectivity index (χ1) is 18.4. The van der Waals surface area contributed by atoms with Crippen molar-refractivity contribution in [1.29, 1.82) is 0 Å². The van der Waals surface area contributed by atoms with E-state index in [0.717, 1.165) is 24.1 Å². The molecule has 0 spiro atoms. The van der Waals surface area contributed by atoms with Gasteiger partial charge in [0.1, 0.15) is 24.2 Å². The number of carbonyl (C=O) groups is 2. The summed E-state index contributed by atoms with van der Waals surface area (Å²) in [5.41, 5.74) is -4.69. The van der Waals surface area contributed by atoms with Crippen LogP contribution in [0.1, 0.15) is 18.1 Å². The molecule has 2 aliphatic rings. The molecule has 1 saturated heterocycles. The van der Waals surface area contributed by atoms with Crippen molar-refractivity contribution in [1.82, 2.24) is 4.90 Å². The van der Waals surface area contributed by atoms with Gasteiger partial charge < -0.3 is 24.2 Å². The molecule has 39 heavy (non-hydrogen) atoms. The maximum Gasteiger partial charge on any atom is 0.432 e. The maximum atomic E-state index is 14.7. The largest absolute Gasteiger partial charge is 0.491 e. The Morgan fingerprint density at radius 1 is 1.18 bits per heavy atom. The topological polar surface area (TPSA) is 132 Å². The Morgan fingerprint density at radius 2 is 1.82 bits per heavy atom. The molecule has 206 valence electrons. The standard InChI is InChI=1S/C26H23F3N2O8/c1-14-20(24(32)33)21(18-5-3-4-6-19(18)31(35)36)22(25(34)37-2)23(26(27,28)29)30(14)11-15-7-9-16(10-8-15)38-12-17-13-39-17/h3-10,14,17H,11-13H2,1-2H3,(H,32,33). The van der Waals surface area contributed by atoms with E-state index in [0.29, 0.717) is 24.5 Å². The second-order valence-corrected chi connectivity index (χ2v) is 8.80. The Morgan fingerprint density at radius 3 is 2.36 bits per heavy atom. The number of hydrogen-bond donors (Lipinski definition) is 1. The number of aliphatic carboxylic acids is 1. The van der Waals surface area contributed by atoms with Crippen molar-refractivity contribution >= 4 is 23.2 Å². The molecule has 0 saturated carbocycles. The highest BCUT2D eigenvalue weighted by Gasteiger charge is 2.50. The number of methoxy groups -OCH3 is 1. The number of nitro benzene ring substituents is 1. The Balaban J connectivity index is 1.89. The lowest BCUT2D eigenvalue weighted by Gasteiger charge is -2.40. The lowest BCUT2D eigenvalue weighted by Crippen LogP contribution is -2.45. The number of halogens is 3. The van der Waals surface area contributed by atoms with Crippen LogP contribution in [-0.4, -0.2) is 65.5 Å². The third kappa shape index (κ3) is 5.72. The van der Waals surface area contributed by atoms with Gasteiger partial charge in [0.15, 0.2) is 0 Å². The third-order valence-corrected chi connectivity index (χ3v) is 6.30. The fourth-order valence-corrected chi connectivity index (χ4v) is 4.43. The van der Waals surface area contributed by atoms with E-state index in [1.54, 1.807) is 12.1 Å². The van der Waals surface area contributed by atoms with Gasteiger partial charge in [0, 0.05) is 18.2 Å². The summed E-state index contributed by atoms with van der Waals surface area (Å²) >= 11 is 0. The number of epoxide rings is 1. The summed E-state index contributed by atoms with van der Waals surface area (Å²) in [6, 6.07) is 9.37. The van der Waals surface area contributed by atoms with Crippen molar-refractivity contribution in [3.05, 3.63) is 86.6 Å². The maximum absolute atomic E-state index is 14.7. The number of carboxylic acids is 1. The summed E-state index contributed by atoms with van der Waals surface area (Å²) in [5, 5.41) is 21.8. The molecule has 2 aromatic carbocycles. The minimum Gasteiger partial charge on any atom is -0.491 e. The van der Waals surface area contributed by atoms with Gasteiger partial charge in [0.05, 0.1) is 41.4 Å². The Bertz CT molecular complexity index is 1360. The van der Waals surface area contributed by atoms with Gasteiger partial charge in [-0.2, -0.15) is 13.2 Å². The number of carbonyl (C=O) groups excluding carboxylic acids is 1. The molecule has 13 heteroatoms. The van der Waals surface area contributed by atoms with Crippen LogP contribution in [-0.2, 0) is 25.6 Å². The Kier molecular flexibility index (Phi) is 7.63. The zero-order chi connectivity index (χ0) is 28.5. The van der Waals surface area contributed by atoms with Gasteiger partial charge in [-0.15, -0.1) is 0 Å². The second-order valence-electron chi connectivity index (χ2n) is 8.80. The van der Waals surface area contributed by atoms with Gasteiger partial charge in [-0.1, -0.05) is 24.3 Å². The average Bonchev–Trinajstić information content (AvgIpc) is 3.72. The monoisotopic (exact) mass is 548 g/mol. The Hall–Kier alpha value is -4.39. The molecule has 2 aliphatic heterocycles. The normalized spacial score (nSPS) is 19.2. The molecular weight excluding hydrogens is 525 g/mol. The molecule has 4 rings (SSSR count). The van der Waals surface area contributed by atoms with Crippen molar-refractivity contribution < 1.29 is 47.0 Å². The Labute approximate surface area is 220 Å². The predicted molar refractivity (Wildman–Crippen MR) is 129 cm³/mol. The van der Waals surface area contributed by atoms with Crippen molar-refractivity contribution in [2.45, 2.75) is 31.8 Å². The quantitative estimate of drug-likeness (QED) is 0.213. The first-order valence-corrected chi connectivity index (χ1v) is 11.6. The highest BCUT2D eigenvalue weighted by atomic mass is 19.4. The number of alkyl halides is 3. The molecule has 2 heterocycles.